The molecule has 0 bridgehead atoms. The molecule has 22 heavy (non-hydrogen) atoms. The van der Waals surface area contributed by atoms with Crippen LogP contribution in [0.25, 0.3) is 10.8 Å². The van der Waals surface area contributed by atoms with Gasteiger partial charge in [-0.05, 0) is 24.4 Å². The van der Waals surface area contributed by atoms with Gasteiger partial charge in [0.2, 0.25) is 0 Å². The van der Waals surface area contributed by atoms with Crippen molar-refractivity contribution in [1.29, 1.82) is 0 Å². The van der Waals surface area contributed by atoms with Gasteiger partial charge in [0, 0.05) is 6.07 Å². The Morgan fingerprint density at radius 1 is 1.14 bits per heavy atom. The van der Waals surface area contributed by atoms with Gasteiger partial charge in [0.1, 0.15) is 34.7 Å². The number of carbonyl (C=O) groups excluding carboxylic acids is 1. The summed E-state index contributed by atoms with van der Waals surface area (Å²) in [6.45, 7) is 3.64. The van der Waals surface area contributed by atoms with Crippen molar-refractivity contribution in [2.45, 2.75) is 20.0 Å². The van der Waals surface area contributed by atoms with E-state index in [9.17, 15) is 9.90 Å². The Bertz CT molecular complexity index is 765. The topological polar surface area (TPSA) is 65.0 Å². The van der Waals surface area contributed by atoms with E-state index in [0.29, 0.717) is 28.0 Å². The Morgan fingerprint density at radius 3 is 2.50 bits per heavy atom. The molecule has 1 N–H and O–H groups in total. The lowest BCUT2D eigenvalue weighted by Gasteiger charge is -2.29. The van der Waals surface area contributed by atoms with E-state index in [1.54, 1.807) is 32.2 Å². The van der Waals surface area contributed by atoms with E-state index in [2.05, 4.69) is 0 Å². The molecule has 5 nitrogen and oxygen atoms in total. The van der Waals surface area contributed by atoms with Gasteiger partial charge < -0.3 is 19.3 Å². The number of ether oxygens (including phenoxy) is 3. The first kappa shape index (κ1) is 14.5. The van der Waals surface area contributed by atoms with Crippen LogP contribution in [-0.2, 0) is 0 Å². The van der Waals surface area contributed by atoms with Crippen LogP contribution in [0.3, 0.4) is 0 Å². The van der Waals surface area contributed by atoms with Gasteiger partial charge in [-0.25, -0.2) is 0 Å². The first-order valence-corrected chi connectivity index (χ1v) is 7.10. The molecule has 0 radical (unpaired) electrons. The second-order valence-electron chi connectivity index (χ2n) is 5.50. The van der Waals surface area contributed by atoms with Crippen molar-refractivity contribution in [2.24, 2.45) is 5.92 Å². The summed E-state index contributed by atoms with van der Waals surface area (Å²) in [7, 11) is 3.07. The third-order valence-electron chi connectivity index (χ3n) is 4.25. The van der Waals surface area contributed by atoms with Gasteiger partial charge in [-0.2, -0.15) is 0 Å². The lowest BCUT2D eigenvalue weighted by atomic mass is 9.89. The highest BCUT2D eigenvalue weighted by Crippen LogP contribution is 2.46. The molecule has 116 valence electrons. The second-order valence-corrected chi connectivity index (χ2v) is 5.50. The molecule has 2 atom stereocenters. The molecule has 1 heterocycles. The number of phenolic OH excluding ortho intramolecular Hbond substituents is 1. The third-order valence-corrected chi connectivity index (χ3v) is 4.25. The van der Waals surface area contributed by atoms with Crippen molar-refractivity contribution in [3.63, 3.8) is 0 Å². The number of hydrogen-bond donors (Lipinski definition) is 1. The van der Waals surface area contributed by atoms with Crippen LogP contribution in [0, 0.1) is 5.92 Å². The smallest absolute Gasteiger partial charge is 0.176 e. The van der Waals surface area contributed by atoms with E-state index in [1.165, 1.54) is 7.11 Å². The first-order valence-electron chi connectivity index (χ1n) is 7.10. The van der Waals surface area contributed by atoms with Gasteiger partial charge in [-0.1, -0.05) is 6.92 Å². The molecule has 0 saturated carbocycles. The number of fused-ring (bicyclic) bond motifs is 2. The molecular formula is C17H18O5. The molecule has 0 spiro atoms. The Kier molecular flexibility index (Phi) is 3.35. The van der Waals surface area contributed by atoms with Gasteiger partial charge in [0.15, 0.2) is 5.78 Å². The van der Waals surface area contributed by atoms with Gasteiger partial charge >= 0.3 is 0 Å². The Balaban J connectivity index is 2.36. The highest BCUT2D eigenvalue weighted by atomic mass is 16.5. The molecule has 1 aliphatic heterocycles. The normalized spacial score (nSPS) is 20.5. The van der Waals surface area contributed by atoms with E-state index in [4.69, 9.17) is 14.2 Å². The summed E-state index contributed by atoms with van der Waals surface area (Å²) in [5.74, 6) is 0.929. The molecular weight excluding hydrogens is 284 g/mol. The van der Waals surface area contributed by atoms with Crippen LogP contribution in [0.5, 0.6) is 23.0 Å². The molecule has 0 fully saturated rings. The molecule has 5 heteroatoms. The number of hydrogen-bond acceptors (Lipinski definition) is 5. The van der Waals surface area contributed by atoms with Crippen LogP contribution >= 0.6 is 0 Å². The zero-order valence-corrected chi connectivity index (χ0v) is 13.0. The minimum Gasteiger partial charge on any atom is -0.506 e. The number of Topliss-reactive ketones (excluding diaryl/α,β-unsaturated/α-hetero) is 1. The molecule has 0 aliphatic carbocycles. The molecule has 0 unspecified atom stereocenters. The predicted octanol–water partition coefficient (Wildman–Crippen LogP) is 3.16. The Hall–Kier alpha value is -2.43. The maximum Gasteiger partial charge on any atom is 0.176 e. The number of phenols is 1. The van der Waals surface area contributed by atoms with E-state index in [0.717, 1.165) is 0 Å². The molecule has 2 aromatic rings. The average Bonchev–Trinajstić information content (AvgIpc) is 2.51. The molecule has 3 rings (SSSR count). The first-order chi connectivity index (χ1) is 10.5. The van der Waals surface area contributed by atoms with Gasteiger partial charge in [0.25, 0.3) is 0 Å². The zero-order valence-electron chi connectivity index (χ0n) is 13.0. The largest absolute Gasteiger partial charge is 0.506 e. The Morgan fingerprint density at radius 2 is 1.86 bits per heavy atom. The lowest BCUT2D eigenvalue weighted by Crippen LogP contribution is -2.33. The maximum atomic E-state index is 12.5. The fourth-order valence-corrected chi connectivity index (χ4v) is 2.79. The SMILES string of the molecule is COc1cc(OC)c2c(O)c3c(cc2c1)O[C@@H](C)[C@H](C)C3=O. The second kappa shape index (κ2) is 5.09. The van der Waals surface area contributed by atoms with E-state index in [1.807, 2.05) is 6.92 Å². The number of ketones is 1. The average molecular weight is 302 g/mol. The minimum absolute atomic E-state index is 0.101. The highest BCUT2D eigenvalue weighted by Gasteiger charge is 2.35. The fraction of sp³-hybridized carbons (Fsp3) is 0.353. The third kappa shape index (κ3) is 1.96. The predicted molar refractivity (Wildman–Crippen MR) is 82.3 cm³/mol. The number of aromatic hydroxyl groups is 1. The van der Waals surface area contributed by atoms with Crippen LogP contribution in [0.2, 0.25) is 0 Å². The Labute approximate surface area is 128 Å². The van der Waals surface area contributed by atoms with Crippen LogP contribution in [0.15, 0.2) is 18.2 Å². The number of methoxy groups -OCH3 is 2. The molecule has 0 amide bonds. The van der Waals surface area contributed by atoms with Crippen LogP contribution in [0.1, 0.15) is 24.2 Å². The zero-order chi connectivity index (χ0) is 16.0. The van der Waals surface area contributed by atoms with Crippen molar-refractivity contribution in [3.8, 4) is 23.0 Å². The van der Waals surface area contributed by atoms with E-state index < -0.39 is 0 Å². The number of benzene rings is 2. The summed E-state index contributed by atoms with van der Waals surface area (Å²) < 4.78 is 16.4. The van der Waals surface area contributed by atoms with Gasteiger partial charge in [-0.3, -0.25) is 4.79 Å². The van der Waals surface area contributed by atoms with E-state index in [-0.39, 0.29) is 29.1 Å². The lowest BCUT2D eigenvalue weighted by molar-refractivity contribution is 0.0726. The summed E-state index contributed by atoms with van der Waals surface area (Å²) in [6.07, 6.45) is -0.232. The quantitative estimate of drug-likeness (QED) is 0.923. The summed E-state index contributed by atoms with van der Waals surface area (Å²) in [5, 5.41) is 11.8. The van der Waals surface area contributed by atoms with Crippen molar-refractivity contribution < 1.29 is 24.1 Å². The van der Waals surface area contributed by atoms with Crippen LogP contribution in [-0.4, -0.2) is 31.2 Å². The summed E-state index contributed by atoms with van der Waals surface area (Å²) in [5.41, 5.74) is 0.224. The van der Waals surface area contributed by atoms with Crippen LogP contribution < -0.4 is 14.2 Å². The van der Waals surface area contributed by atoms with Crippen molar-refractivity contribution >= 4 is 16.6 Å². The maximum absolute atomic E-state index is 12.5. The van der Waals surface area contributed by atoms with Crippen LogP contribution in [0.4, 0.5) is 0 Å². The van der Waals surface area contributed by atoms with E-state index >= 15 is 0 Å². The fourth-order valence-electron chi connectivity index (χ4n) is 2.79. The van der Waals surface area contributed by atoms with Crippen molar-refractivity contribution in [2.75, 3.05) is 14.2 Å². The highest BCUT2D eigenvalue weighted by molar-refractivity contribution is 6.10. The van der Waals surface area contributed by atoms with Crippen molar-refractivity contribution in [3.05, 3.63) is 23.8 Å². The summed E-state index contributed by atoms with van der Waals surface area (Å²) in [4.78, 5) is 12.5. The molecule has 2 aromatic carbocycles. The number of carbonyl (C=O) groups is 1. The van der Waals surface area contributed by atoms with Gasteiger partial charge in [-0.15, -0.1) is 0 Å². The monoisotopic (exact) mass is 302 g/mol. The van der Waals surface area contributed by atoms with Gasteiger partial charge in [0.05, 0.1) is 25.5 Å². The summed E-state index contributed by atoms with van der Waals surface area (Å²) in [6, 6.07) is 5.19. The standard InChI is InChI=1S/C17H18O5/c1-8-9(2)22-13-6-10-5-11(20-3)7-12(21-4)14(10)17(19)15(13)16(8)18/h5-9,19H,1-4H3/t8-,9-/m0/s1. The molecule has 0 saturated heterocycles. The minimum atomic E-state index is -0.305. The summed E-state index contributed by atoms with van der Waals surface area (Å²) >= 11 is 0. The number of rotatable bonds is 2. The van der Waals surface area contributed by atoms with Crippen molar-refractivity contribution in [1.82, 2.24) is 0 Å². The molecule has 0 aromatic heterocycles. The molecule has 1 aliphatic rings.